The van der Waals surface area contributed by atoms with Gasteiger partial charge in [-0.25, -0.2) is 8.42 Å². The molecule has 0 bridgehead atoms. The van der Waals surface area contributed by atoms with E-state index in [0.29, 0.717) is 11.5 Å². The normalized spacial score (nSPS) is 12.0. The Labute approximate surface area is 209 Å². The fraction of sp³-hybridized carbons (Fsp3) is 0.208. The Morgan fingerprint density at radius 3 is 2.24 bits per heavy atom. The minimum absolute atomic E-state index is 0.0461. The van der Waals surface area contributed by atoms with Crippen molar-refractivity contribution in [3.05, 3.63) is 82.8 Å². The zero-order valence-corrected chi connectivity index (χ0v) is 20.9. The van der Waals surface area contributed by atoms with Crippen LogP contribution >= 0.6 is 23.2 Å². The van der Waals surface area contributed by atoms with E-state index in [1.807, 2.05) is 0 Å². The van der Waals surface area contributed by atoms with Crippen LogP contribution in [0.15, 0.2) is 77.7 Å². The van der Waals surface area contributed by atoms with Crippen LogP contribution in [0.1, 0.15) is 6.92 Å². The van der Waals surface area contributed by atoms with Crippen LogP contribution < -0.4 is 19.1 Å². The molecule has 3 aromatic carbocycles. The monoisotopic (exact) mass is 522 g/mol. The van der Waals surface area contributed by atoms with E-state index in [9.17, 15) is 13.2 Å². The molecular weight excluding hydrogens is 499 g/mol. The van der Waals surface area contributed by atoms with Gasteiger partial charge in [-0.15, -0.1) is 0 Å². The number of carbonyl (C=O) groups excluding carboxylic acids is 1. The number of rotatable bonds is 10. The van der Waals surface area contributed by atoms with Crippen molar-refractivity contribution in [3.8, 4) is 11.5 Å². The molecule has 0 radical (unpaired) electrons. The summed E-state index contributed by atoms with van der Waals surface area (Å²) >= 11 is 12.1. The summed E-state index contributed by atoms with van der Waals surface area (Å²) in [5, 5.41) is 3.22. The average Bonchev–Trinajstić information content (AvgIpc) is 2.84. The third-order valence-electron chi connectivity index (χ3n) is 4.78. The van der Waals surface area contributed by atoms with Crippen LogP contribution in [-0.2, 0) is 14.8 Å². The first-order valence-corrected chi connectivity index (χ1v) is 12.5. The Morgan fingerprint density at radius 1 is 0.971 bits per heavy atom. The van der Waals surface area contributed by atoms with Crippen LogP contribution in [0.2, 0.25) is 10.0 Å². The number of halogens is 2. The van der Waals surface area contributed by atoms with Crippen LogP contribution in [0.3, 0.4) is 0 Å². The molecule has 1 N–H and O–H groups in total. The Hall–Kier alpha value is -2.94. The molecule has 10 heteroatoms. The van der Waals surface area contributed by atoms with Crippen molar-refractivity contribution < 1.29 is 22.7 Å². The zero-order chi connectivity index (χ0) is 24.7. The zero-order valence-electron chi connectivity index (χ0n) is 18.6. The largest absolute Gasteiger partial charge is 0.497 e. The molecule has 1 unspecified atom stereocenters. The summed E-state index contributed by atoms with van der Waals surface area (Å²) in [6.07, 6.45) is 0. The van der Waals surface area contributed by atoms with Gasteiger partial charge in [0.2, 0.25) is 5.91 Å². The molecule has 0 spiro atoms. The molecule has 0 aliphatic rings. The lowest BCUT2D eigenvalue weighted by Crippen LogP contribution is -2.45. The standard InChI is InChI=1S/C24H24Cl2N2O5S/c1-17(16-33-20-11-9-19(32-2)10-12-20)27-24(29)15-28(18-8-13-22(25)23(26)14-18)34(30,31)21-6-4-3-5-7-21/h3-14,17H,15-16H2,1-2H3,(H,27,29). The second-order valence-corrected chi connectivity index (χ2v) is 10.1. The number of hydrogen-bond donors (Lipinski definition) is 1. The Morgan fingerprint density at radius 2 is 1.62 bits per heavy atom. The van der Waals surface area contributed by atoms with Gasteiger partial charge in [-0.1, -0.05) is 41.4 Å². The van der Waals surface area contributed by atoms with Crippen molar-refractivity contribution in [2.24, 2.45) is 0 Å². The van der Waals surface area contributed by atoms with Crippen molar-refractivity contribution in [2.75, 3.05) is 24.6 Å². The maximum Gasteiger partial charge on any atom is 0.264 e. The molecule has 0 aromatic heterocycles. The molecule has 3 aromatic rings. The van der Waals surface area contributed by atoms with Crippen LogP contribution in [-0.4, -0.2) is 40.6 Å². The van der Waals surface area contributed by atoms with E-state index < -0.39 is 22.5 Å². The maximum absolute atomic E-state index is 13.3. The lowest BCUT2D eigenvalue weighted by atomic mass is 10.3. The van der Waals surface area contributed by atoms with Gasteiger partial charge < -0.3 is 14.8 Å². The van der Waals surface area contributed by atoms with E-state index in [1.54, 1.807) is 56.5 Å². The van der Waals surface area contributed by atoms with Crippen molar-refractivity contribution in [1.29, 1.82) is 0 Å². The predicted molar refractivity (Wildman–Crippen MR) is 134 cm³/mol. The van der Waals surface area contributed by atoms with Crippen LogP contribution in [0.4, 0.5) is 5.69 Å². The van der Waals surface area contributed by atoms with Crippen molar-refractivity contribution in [2.45, 2.75) is 17.9 Å². The predicted octanol–water partition coefficient (Wildman–Crippen LogP) is 4.78. The molecule has 0 fully saturated rings. The SMILES string of the molecule is COc1ccc(OCC(C)NC(=O)CN(c2ccc(Cl)c(Cl)c2)S(=O)(=O)c2ccccc2)cc1. The second kappa shape index (κ2) is 11.5. The quantitative estimate of drug-likeness (QED) is 0.414. The van der Waals surface area contributed by atoms with E-state index in [2.05, 4.69) is 5.32 Å². The van der Waals surface area contributed by atoms with Gasteiger partial charge in [-0.2, -0.15) is 0 Å². The molecule has 34 heavy (non-hydrogen) atoms. The third kappa shape index (κ3) is 6.56. The lowest BCUT2D eigenvalue weighted by molar-refractivity contribution is -0.120. The molecule has 0 aliphatic heterocycles. The second-order valence-electron chi connectivity index (χ2n) is 7.38. The van der Waals surface area contributed by atoms with Gasteiger partial charge in [0.15, 0.2) is 0 Å². The van der Waals surface area contributed by atoms with Gasteiger partial charge in [-0.3, -0.25) is 9.10 Å². The average molecular weight is 523 g/mol. The Bertz CT molecular complexity index is 1220. The van der Waals surface area contributed by atoms with E-state index >= 15 is 0 Å². The van der Waals surface area contributed by atoms with Crippen LogP contribution in [0.25, 0.3) is 0 Å². The molecule has 0 aliphatic carbocycles. The first-order valence-electron chi connectivity index (χ1n) is 10.3. The summed E-state index contributed by atoms with van der Waals surface area (Å²) in [6, 6.07) is 18.9. The summed E-state index contributed by atoms with van der Waals surface area (Å²) in [6.45, 7) is 1.49. The smallest absolute Gasteiger partial charge is 0.264 e. The number of nitrogens with zero attached hydrogens (tertiary/aromatic N) is 1. The Kier molecular flexibility index (Phi) is 8.66. The van der Waals surface area contributed by atoms with Gasteiger partial charge in [-0.05, 0) is 61.5 Å². The maximum atomic E-state index is 13.3. The number of benzene rings is 3. The molecule has 1 amide bonds. The number of hydrogen-bond acceptors (Lipinski definition) is 5. The molecular formula is C24H24Cl2N2O5S. The molecule has 3 rings (SSSR count). The fourth-order valence-electron chi connectivity index (χ4n) is 3.06. The number of ether oxygens (including phenoxy) is 2. The number of amides is 1. The lowest BCUT2D eigenvalue weighted by Gasteiger charge is -2.25. The molecule has 1 atom stereocenters. The fourth-order valence-corrected chi connectivity index (χ4v) is 4.79. The highest BCUT2D eigenvalue weighted by atomic mass is 35.5. The highest BCUT2D eigenvalue weighted by molar-refractivity contribution is 7.92. The van der Waals surface area contributed by atoms with E-state index in [0.717, 1.165) is 4.31 Å². The molecule has 0 saturated heterocycles. The van der Waals surface area contributed by atoms with Crippen molar-refractivity contribution in [1.82, 2.24) is 5.32 Å². The van der Waals surface area contributed by atoms with Crippen LogP contribution in [0, 0.1) is 0 Å². The van der Waals surface area contributed by atoms with Gasteiger partial charge in [0.1, 0.15) is 24.7 Å². The summed E-state index contributed by atoms with van der Waals surface area (Å²) < 4.78 is 38.5. The first-order chi connectivity index (χ1) is 16.2. The molecule has 0 heterocycles. The molecule has 0 saturated carbocycles. The minimum atomic E-state index is -4.05. The molecule has 180 valence electrons. The van der Waals surface area contributed by atoms with E-state index in [-0.39, 0.29) is 33.3 Å². The summed E-state index contributed by atoms with van der Waals surface area (Å²) in [4.78, 5) is 12.9. The Balaban J connectivity index is 1.73. The summed E-state index contributed by atoms with van der Waals surface area (Å²) in [5.41, 5.74) is 0.218. The topological polar surface area (TPSA) is 84.9 Å². The van der Waals surface area contributed by atoms with Crippen molar-refractivity contribution >= 4 is 44.8 Å². The van der Waals surface area contributed by atoms with Crippen molar-refractivity contribution in [3.63, 3.8) is 0 Å². The highest BCUT2D eigenvalue weighted by Gasteiger charge is 2.28. The summed E-state index contributed by atoms with van der Waals surface area (Å²) in [7, 11) is -2.47. The van der Waals surface area contributed by atoms with Gasteiger partial charge in [0.25, 0.3) is 10.0 Å². The van der Waals surface area contributed by atoms with Gasteiger partial charge in [0.05, 0.1) is 33.8 Å². The highest BCUT2D eigenvalue weighted by Crippen LogP contribution is 2.30. The first kappa shape index (κ1) is 25.7. The third-order valence-corrected chi connectivity index (χ3v) is 7.30. The van der Waals surface area contributed by atoms with E-state index in [4.69, 9.17) is 32.7 Å². The van der Waals surface area contributed by atoms with E-state index in [1.165, 1.54) is 30.3 Å². The minimum Gasteiger partial charge on any atom is -0.497 e. The number of sulfonamides is 1. The number of methoxy groups -OCH3 is 1. The summed E-state index contributed by atoms with van der Waals surface area (Å²) in [5.74, 6) is 0.818. The number of carbonyl (C=O) groups is 1. The number of anilines is 1. The van der Waals surface area contributed by atoms with Gasteiger partial charge >= 0.3 is 0 Å². The van der Waals surface area contributed by atoms with Crippen LogP contribution in [0.5, 0.6) is 11.5 Å². The number of nitrogens with one attached hydrogen (secondary N) is 1. The van der Waals surface area contributed by atoms with Gasteiger partial charge in [0, 0.05) is 0 Å². The molecule has 7 nitrogen and oxygen atoms in total.